The predicted molar refractivity (Wildman–Crippen MR) is 246 cm³/mol. The third kappa shape index (κ3) is 63.7. The van der Waals surface area contributed by atoms with Gasteiger partial charge in [-0.15, -0.1) is 11.8 Å². The number of imide groups is 1. The van der Waals surface area contributed by atoms with Gasteiger partial charge in [0.25, 0.3) is 11.8 Å². The number of nitrogens with one attached hydrogen (secondary N) is 7. The van der Waals surface area contributed by atoms with Gasteiger partial charge < -0.3 is 68.2 Å². The Bertz CT molecular complexity index is 1480. The van der Waals surface area contributed by atoms with Gasteiger partial charge >= 0.3 is 29.8 Å². The van der Waals surface area contributed by atoms with Crippen LogP contribution in [0.25, 0.3) is 0 Å². The molecule has 0 saturated heterocycles. The van der Waals surface area contributed by atoms with Crippen LogP contribution in [-0.4, -0.2) is 199 Å². The van der Waals surface area contributed by atoms with Crippen LogP contribution >= 0.6 is 37.0 Å². The van der Waals surface area contributed by atoms with Gasteiger partial charge in [0, 0.05) is 110 Å². The summed E-state index contributed by atoms with van der Waals surface area (Å²) in [6, 6.07) is -1.44. The standard InChI is InChI=1S/2C6H12N2O3.2C6H11NO3S.C5H7NO3.C5H5NO2.4F2.H2O.H2S/c1-7-4(3-5(9)10)6(11)8-2;1-7-4(6(10)11)3-5(9)8-2;1-7-6(10)4(11-2)3-5(8)9;1-7-5(8)3-4(11-2)6(9)10;1-6-4(7)2-3-5(8)9;1-6-4(7)2-3-5(6)8;4*1-2;;/h4,7H,3H2,1-2H3,(H,8,11)(H,9,10);4,7H,3H2,1-2H3,(H,8,9)(H,10,11);4H,3H2,1-2H3,(H,7,10)(H,8,9);4H,3H2,1-2H3,(H,7,8)(H,9,10);2-3H,1H3,(H,6,7)(H,8,9);2-3H,1H3;;;;;2*1H2/b;;;;3-2-;;;;;;;. The zero-order chi connectivity index (χ0) is 56.8. The molecule has 14 N–H and O–H groups in total. The molecular formula is C34H62F8N8O18S3. The molecule has 4 atom stereocenters. The van der Waals surface area contributed by atoms with E-state index < -0.39 is 58.3 Å². The lowest BCUT2D eigenvalue weighted by Crippen LogP contribution is -2.42. The van der Waals surface area contributed by atoms with E-state index in [1.807, 2.05) is 0 Å². The number of carboxylic acids is 5. The Labute approximate surface area is 416 Å². The highest BCUT2D eigenvalue weighted by atomic mass is 32.2. The summed E-state index contributed by atoms with van der Waals surface area (Å²) in [6.07, 6.45) is 7.28. The van der Waals surface area contributed by atoms with E-state index in [0.29, 0.717) is 0 Å². The molecule has 7 amide bonds. The Hall–Kier alpha value is -6.31. The van der Waals surface area contributed by atoms with Gasteiger partial charge in [-0.3, -0.25) is 57.6 Å². The molecule has 37 heteroatoms. The van der Waals surface area contributed by atoms with Crippen LogP contribution in [0.3, 0.4) is 0 Å². The molecule has 26 nitrogen and oxygen atoms in total. The Morgan fingerprint density at radius 1 is 0.535 bits per heavy atom. The lowest BCUT2D eigenvalue weighted by Gasteiger charge is -2.10. The van der Waals surface area contributed by atoms with Crippen molar-refractivity contribution < 1.29 is 125 Å². The number of carbonyl (C=O) groups is 12. The molecule has 71 heavy (non-hydrogen) atoms. The molecule has 420 valence electrons. The van der Waals surface area contributed by atoms with Crippen molar-refractivity contribution in [3.8, 4) is 0 Å². The van der Waals surface area contributed by atoms with Crippen molar-refractivity contribution in [1.82, 2.24) is 42.1 Å². The second-order valence-corrected chi connectivity index (χ2v) is 12.9. The maximum atomic E-state index is 10.9. The van der Waals surface area contributed by atoms with Gasteiger partial charge in [-0.1, -0.05) is 0 Å². The highest BCUT2D eigenvalue weighted by Gasteiger charge is 2.21. The summed E-state index contributed by atoms with van der Waals surface area (Å²) in [6.45, 7) is 0. The minimum atomic E-state index is -1.13. The van der Waals surface area contributed by atoms with Crippen LogP contribution in [0.15, 0.2) is 24.3 Å². The SMILES string of the molecule is CN1C(=O)C=CC1=O.CNC(=O)/C=C\C(=O)O.CNC(=O)C(CC(=O)O)NC.CNC(=O)C(CC(=O)O)SC.CNC(=O)CC(NC)C(=O)O.CNC(=O)CC(SC)C(=O)O.FF.FF.FF.FF.O.S. The Morgan fingerprint density at radius 3 is 1.13 bits per heavy atom. The molecule has 4 unspecified atom stereocenters. The van der Waals surface area contributed by atoms with Crippen LogP contribution in [0.4, 0.5) is 36.6 Å². The summed E-state index contributed by atoms with van der Waals surface area (Å²) in [5.74, 6) is -7.01. The van der Waals surface area contributed by atoms with E-state index in [-0.39, 0.29) is 80.1 Å². The monoisotopic (exact) mass is 1120 g/mol. The number of nitrogens with zero attached hydrogens (tertiary/aromatic N) is 1. The van der Waals surface area contributed by atoms with Crippen LogP contribution in [-0.2, 0) is 57.5 Å². The van der Waals surface area contributed by atoms with Crippen molar-refractivity contribution in [1.29, 1.82) is 0 Å². The van der Waals surface area contributed by atoms with Crippen molar-refractivity contribution in [3.63, 3.8) is 0 Å². The fraction of sp³-hybridized carbons (Fsp3) is 0.529. The summed E-state index contributed by atoms with van der Waals surface area (Å²) in [5, 5.41) is 57.4. The van der Waals surface area contributed by atoms with Gasteiger partial charge in [-0.2, -0.15) is 25.3 Å². The van der Waals surface area contributed by atoms with Gasteiger partial charge in [-0.05, 0) is 26.6 Å². The van der Waals surface area contributed by atoms with Crippen molar-refractivity contribution in [2.75, 3.05) is 68.9 Å². The normalized spacial score (nSPS) is 11.2. The van der Waals surface area contributed by atoms with Gasteiger partial charge in [0.15, 0.2) is 0 Å². The fourth-order valence-corrected chi connectivity index (χ4v) is 4.29. The summed E-state index contributed by atoms with van der Waals surface area (Å²) in [7, 11) is 11.8. The average Bonchev–Trinajstić information content (AvgIpc) is 3.65. The van der Waals surface area contributed by atoms with E-state index in [0.717, 1.165) is 28.8 Å². The van der Waals surface area contributed by atoms with E-state index in [1.165, 1.54) is 73.2 Å². The number of halogens is 8. The number of hydrogen-bond acceptors (Lipinski definition) is 16. The van der Waals surface area contributed by atoms with E-state index in [2.05, 4.69) is 37.2 Å². The van der Waals surface area contributed by atoms with E-state index in [4.69, 9.17) is 62.1 Å². The summed E-state index contributed by atoms with van der Waals surface area (Å²) in [5.41, 5.74) is 0. The maximum absolute atomic E-state index is 10.9. The molecule has 0 aromatic heterocycles. The van der Waals surface area contributed by atoms with E-state index in [9.17, 15) is 57.5 Å². The summed E-state index contributed by atoms with van der Waals surface area (Å²) in [4.78, 5) is 126. The van der Waals surface area contributed by atoms with Crippen LogP contribution in [0.5, 0.6) is 0 Å². The Morgan fingerprint density at radius 2 is 0.901 bits per heavy atom. The number of amides is 7. The number of rotatable bonds is 18. The minimum Gasteiger partial charge on any atom is -0.481 e. The van der Waals surface area contributed by atoms with E-state index in [1.54, 1.807) is 19.6 Å². The lowest BCUT2D eigenvalue weighted by atomic mass is 10.2. The smallest absolute Gasteiger partial charge is 0.328 e. The molecule has 1 heterocycles. The molecule has 0 fully saturated rings. The molecule has 1 rings (SSSR count). The minimum absolute atomic E-state index is 0. The van der Waals surface area contributed by atoms with Crippen LogP contribution in [0, 0.1) is 0 Å². The van der Waals surface area contributed by atoms with E-state index >= 15 is 0 Å². The second kappa shape index (κ2) is 65.8. The average molecular weight is 1120 g/mol. The molecule has 1 aliphatic rings. The first-order valence-electron chi connectivity index (χ1n) is 17.7. The number of likely N-dealkylation sites (N-methyl/N-ethyl adjacent to an activating group) is 5. The first-order chi connectivity index (χ1) is 32.3. The van der Waals surface area contributed by atoms with Crippen LogP contribution in [0.2, 0.25) is 0 Å². The summed E-state index contributed by atoms with van der Waals surface area (Å²) < 4.78 is 64.0. The van der Waals surface area contributed by atoms with Gasteiger partial charge in [0.2, 0.25) is 29.5 Å². The molecule has 0 aromatic carbocycles. The molecule has 0 radical (unpaired) electrons. The first-order valence-corrected chi connectivity index (χ1v) is 20.2. The number of aliphatic carboxylic acids is 5. The quantitative estimate of drug-likeness (QED) is 0.0446. The molecule has 0 saturated carbocycles. The molecule has 0 bridgehead atoms. The van der Waals surface area contributed by atoms with Gasteiger partial charge in [0.1, 0.15) is 11.3 Å². The lowest BCUT2D eigenvalue weighted by molar-refractivity contribution is -0.141. The van der Waals surface area contributed by atoms with Crippen molar-refractivity contribution in [2.24, 2.45) is 0 Å². The zero-order valence-electron chi connectivity index (χ0n) is 39.4. The highest BCUT2D eigenvalue weighted by molar-refractivity contribution is 8.00. The largest absolute Gasteiger partial charge is 0.481 e. The highest BCUT2D eigenvalue weighted by Crippen LogP contribution is 2.11. The Kier molecular flexibility index (Phi) is 84.3. The van der Waals surface area contributed by atoms with Crippen molar-refractivity contribution in [3.05, 3.63) is 24.3 Å². The molecule has 0 aliphatic carbocycles. The predicted octanol–water partition coefficient (Wildman–Crippen LogP) is -0.968. The fourth-order valence-electron chi connectivity index (χ4n) is 3.12. The summed E-state index contributed by atoms with van der Waals surface area (Å²) >= 11 is 2.40. The molecule has 0 spiro atoms. The topological polar surface area (TPSA) is 425 Å². The van der Waals surface area contributed by atoms with Crippen molar-refractivity contribution >= 4 is 108 Å². The number of hydrogen-bond donors (Lipinski definition) is 12. The second-order valence-electron chi connectivity index (χ2n) is 10.8. The number of carbonyl (C=O) groups excluding carboxylic acids is 7. The molecule has 1 aliphatic heterocycles. The van der Waals surface area contributed by atoms with Crippen LogP contribution in [0.1, 0.15) is 25.7 Å². The third-order valence-electron chi connectivity index (χ3n) is 6.65. The van der Waals surface area contributed by atoms with Crippen molar-refractivity contribution in [2.45, 2.75) is 48.3 Å². The maximum Gasteiger partial charge on any atom is 0.328 e. The van der Waals surface area contributed by atoms with Gasteiger partial charge in [0.05, 0.1) is 30.6 Å². The number of thioether (sulfide) groups is 2. The number of carboxylic acid groups (broad SMARTS) is 5. The Balaban J connectivity index is -0.0000000654. The molecule has 0 aromatic rings. The molecular weight excluding hydrogens is 1060 g/mol. The zero-order valence-corrected chi connectivity index (χ0v) is 42.0. The van der Waals surface area contributed by atoms with Gasteiger partial charge in [-0.25, -0.2) is 4.79 Å². The third-order valence-corrected chi connectivity index (χ3v) is 8.54. The van der Waals surface area contributed by atoms with Crippen LogP contribution < -0.4 is 37.2 Å². The first kappa shape index (κ1) is 91.0.